The highest BCUT2D eigenvalue weighted by Gasteiger charge is 2.05. The minimum absolute atomic E-state index is 0.250. The van der Waals surface area contributed by atoms with Gasteiger partial charge >= 0.3 is 0 Å². The second kappa shape index (κ2) is 4.34. The quantitative estimate of drug-likeness (QED) is 0.693. The van der Waals surface area contributed by atoms with Crippen molar-refractivity contribution in [2.24, 2.45) is 0 Å². The van der Waals surface area contributed by atoms with Crippen molar-refractivity contribution in [3.05, 3.63) is 48.3 Å². The molecule has 3 aromatic rings. The van der Waals surface area contributed by atoms with E-state index >= 15 is 0 Å². The Morgan fingerprint density at radius 2 is 2.06 bits per heavy atom. The maximum Gasteiger partial charge on any atom is 0.171 e. The molecule has 1 aromatic heterocycles. The van der Waals surface area contributed by atoms with Gasteiger partial charge in [0, 0.05) is 10.6 Å². The Morgan fingerprint density at radius 3 is 2.89 bits per heavy atom. The fourth-order valence-corrected chi connectivity index (χ4v) is 2.54. The van der Waals surface area contributed by atoms with E-state index in [9.17, 15) is 4.39 Å². The van der Waals surface area contributed by atoms with Gasteiger partial charge in [0.05, 0.1) is 11.0 Å². The molecule has 3 rings (SSSR count). The van der Waals surface area contributed by atoms with E-state index in [0.717, 1.165) is 21.1 Å². The minimum Gasteiger partial charge on any atom is -0.399 e. The highest BCUT2D eigenvalue weighted by molar-refractivity contribution is 7.99. The van der Waals surface area contributed by atoms with Gasteiger partial charge < -0.3 is 10.7 Å². The molecule has 18 heavy (non-hydrogen) atoms. The van der Waals surface area contributed by atoms with E-state index in [4.69, 9.17) is 5.73 Å². The molecule has 0 fully saturated rings. The number of hydrogen-bond donors (Lipinski definition) is 2. The summed E-state index contributed by atoms with van der Waals surface area (Å²) in [6.07, 6.45) is 0. The van der Waals surface area contributed by atoms with E-state index in [1.54, 1.807) is 12.1 Å². The number of aromatic nitrogens is 2. The van der Waals surface area contributed by atoms with Gasteiger partial charge in [0.15, 0.2) is 5.16 Å². The molecule has 3 N–H and O–H groups in total. The van der Waals surface area contributed by atoms with Crippen LogP contribution in [0.5, 0.6) is 0 Å². The van der Waals surface area contributed by atoms with Crippen molar-refractivity contribution in [3.63, 3.8) is 0 Å². The zero-order chi connectivity index (χ0) is 12.5. The van der Waals surface area contributed by atoms with E-state index in [-0.39, 0.29) is 5.82 Å². The molecule has 0 spiro atoms. The Kier molecular flexibility index (Phi) is 2.68. The lowest BCUT2D eigenvalue weighted by Gasteiger charge is -1.96. The summed E-state index contributed by atoms with van der Waals surface area (Å²) in [6, 6.07) is 11.9. The van der Waals surface area contributed by atoms with Crippen LogP contribution in [0.3, 0.4) is 0 Å². The Morgan fingerprint density at radius 1 is 1.17 bits per heavy atom. The minimum atomic E-state index is -0.250. The first kappa shape index (κ1) is 11.1. The van der Waals surface area contributed by atoms with Gasteiger partial charge in [0.1, 0.15) is 5.82 Å². The topological polar surface area (TPSA) is 54.7 Å². The predicted molar refractivity (Wildman–Crippen MR) is 71.0 cm³/mol. The molecule has 0 aliphatic rings. The maximum atomic E-state index is 13.1. The number of rotatable bonds is 2. The smallest absolute Gasteiger partial charge is 0.171 e. The molecule has 0 bridgehead atoms. The lowest BCUT2D eigenvalue weighted by molar-refractivity contribution is 0.624. The largest absolute Gasteiger partial charge is 0.399 e. The third kappa shape index (κ3) is 2.17. The SMILES string of the molecule is Nc1ccc2nc(Sc3cccc(F)c3)[nH]c2c1. The Hall–Kier alpha value is -2.01. The summed E-state index contributed by atoms with van der Waals surface area (Å²) in [5, 5.41) is 0.723. The number of nitrogens with two attached hydrogens (primary N) is 1. The first-order valence-corrected chi connectivity index (χ1v) is 6.21. The molecule has 0 radical (unpaired) electrons. The fraction of sp³-hybridized carbons (Fsp3) is 0. The molecule has 0 saturated heterocycles. The number of anilines is 1. The number of nitrogens with zero attached hydrogens (tertiary/aromatic N) is 1. The third-order valence-electron chi connectivity index (χ3n) is 2.49. The molecule has 0 aliphatic heterocycles. The van der Waals surface area contributed by atoms with Gasteiger partial charge in [-0.15, -0.1) is 0 Å². The highest BCUT2D eigenvalue weighted by atomic mass is 32.2. The number of nitrogens with one attached hydrogen (secondary N) is 1. The molecule has 3 nitrogen and oxygen atoms in total. The number of aromatic amines is 1. The van der Waals surface area contributed by atoms with Gasteiger partial charge in [-0.05, 0) is 36.4 Å². The standard InChI is InChI=1S/C13H10FN3S/c14-8-2-1-3-10(6-8)18-13-16-11-5-4-9(15)7-12(11)17-13/h1-7H,15H2,(H,16,17). The monoisotopic (exact) mass is 259 g/mol. The molecular weight excluding hydrogens is 249 g/mol. The zero-order valence-corrected chi connectivity index (χ0v) is 10.2. The van der Waals surface area contributed by atoms with Crippen LogP contribution >= 0.6 is 11.8 Å². The van der Waals surface area contributed by atoms with Crippen LogP contribution in [0, 0.1) is 5.82 Å². The van der Waals surface area contributed by atoms with E-state index in [0.29, 0.717) is 5.69 Å². The summed E-state index contributed by atoms with van der Waals surface area (Å²) in [6.45, 7) is 0. The Balaban J connectivity index is 1.95. The fourth-order valence-electron chi connectivity index (χ4n) is 1.69. The summed E-state index contributed by atoms with van der Waals surface area (Å²) in [4.78, 5) is 8.37. The van der Waals surface area contributed by atoms with Crippen molar-refractivity contribution in [3.8, 4) is 0 Å². The van der Waals surface area contributed by atoms with E-state index in [1.807, 2.05) is 18.2 Å². The summed E-state index contributed by atoms with van der Waals surface area (Å²) in [7, 11) is 0. The van der Waals surface area contributed by atoms with Crippen LogP contribution in [0.2, 0.25) is 0 Å². The van der Waals surface area contributed by atoms with Crippen LogP contribution in [0.4, 0.5) is 10.1 Å². The molecule has 0 unspecified atom stereocenters. The van der Waals surface area contributed by atoms with Crippen LogP contribution in [-0.4, -0.2) is 9.97 Å². The Bertz CT molecular complexity index is 708. The van der Waals surface area contributed by atoms with Crippen LogP contribution < -0.4 is 5.73 Å². The average Bonchev–Trinajstić information content (AvgIpc) is 2.70. The normalized spacial score (nSPS) is 10.9. The summed E-state index contributed by atoms with van der Waals surface area (Å²) in [5.74, 6) is -0.250. The Labute approximate surface area is 107 Å². The maximum absolute atomic E-state index is 13.1. The summed E-state index contributed by atoms with van der Waals surface area (Å²) in [5.41, 5.74) is 8.12. The van der Waals surface area contributed by atoms with Crippen LogP contribution in [0.1, 0.15) is 0 Å². The molecule has 0 saturated carbocycles. The van der Waals surface area contributed by atoms with Gasteiger partial charge in [0.25, 0.3) is 0 Å². The molecule has 1 heterocycles. The van der Waals surface area contributed by atoms with E-state index < -0.39 is 0 Å². The number of benzene rings is 2. The molecule has 2 aromatic carbocycles. The number of nitrogen functional groups attached to an aromatic ring is 1. The highest BCUT2D eigenvalue weighted by Crippen LogP contribution is 2.28. The summed E-state index contributed by atoms with van der Waals surface area (Å²) < 4.78 is 13.1. The average molecular weight is 259 g/mol. The zero-order valence-electron chi connectivity index (χ0n) is 9.35. The van der Waals surface area contributed by atoms with Gasteiger partial charge in [0.2, 0.25) is 0 Å². The van der Waals surface area contributed by atoms with Gasteiger partial charge in [-0.3, -0.25) is 0 Å². The van der Waals surface area contributed by atoms with Gasteiger partial charge in [-0.25, -0.2) is 9.37 Å². The molecule has 0 atom stereocenters. The number of hydrogen-bond acceptors (Lipinski definition) is 3. The van der Waals surface area contributed by atoms with Crippen molar-refractivity contribution < 1.29 is 4.39 Å². The van der Waals surface area contributed by atoms with Gasteiger partial charge in [-0.2, -0.15) is 0 Å². The second-order valence-electron chi connectivity index (χ2n) is 3.88. The molecular formula is C13H10FN3S. The first-order chi connectivity index (χ1) is 8.70. The number of halogens is 1. The molecule has 5 heteroatoms. The van der Waals surface area contributed by atoms with Crippen LogP contribution in [0.25, 0.3) is 11.0 Å². The first-order valence-electron chi connectivity index (χ1n) is 5.39. The number of imidazole rings is 1. The van der Waals surface area contributed by atoms with Crippen LogP contribution in [0.15, 0.2) is 52.5 Å². The van der Waals surface area contributed by atoms with Crippen molar-refractivity contribution in [2.45, 2.75) is 10.1 Å². The third-order valence-corrected chi connectivity index (χ3v) is 3.37. The second-order valence-corrected chi connectivity index (χ2v) is 4.94. The van der Waals surface area contributed by atoms with E-state index in [1.165, 1.54) is 23.9 Å². The predicted octanol–water partition coefficient (Wildman–Crippen LogP) is 3.44. The lowest BCUT2D eigenvalue weighted by Crippen LogP contribution is -1.82. The van der Waals surface area contributed by atoms with Crippen LogP contribution in [-0.2, 0) is 0 Å². The number of H-pyrrole nitrogens is 1. The van der Waals surface area contributed by atoms with Crippen molar-refractivity contribution in [2.75, 3.05) is 5.73 Å². The molecule has 90 valence electrons. The lowest BCUT2D eigenvalue weighted by atomic mass is 10.3. The van der Waals surface area contributed by atoms with Crippen molar-refractivity contribution >= 4 is 28.5 Å². The molecule has 0 aliphatic carbocycles. The van der Waals surface area contributed by atoms with Gasteiger partial charge in [-0.1, -0.05) is 17.8 Å². The molecule has 0 amide bonds. The summed E-state index contributed by atoms with van der Waals surface area (Å²) >= 11 is 1.39. The van der Waals surface area contributed by atoms with Crippen molar-refractivity contribution in [1.82, 2.24) is 9.97 Å². The number of fused-ring (bicyclic) bond motifs is 1. The van der Waals surface area contributed by atoms with E-state index in [2.05, 4.69) is 9.97 Å². The van der Waals surface area contributed by atoms with Crippen molar-refractivity contribution in [1.29, 1.82) is 0 Å².